The van der Waals surface area contributed by atoms with E-state index in [1.807, 2.05) is 25.1 Å². The molecule has 3 heterocycles. The lowest BCUT2D eigenvalue weighted by Crippen LogP contribution is -2.46. The van der Waals surface area contributed by atoms with Gasteiger partial charge in [0.2, 0.25) is 0 Å². The first-order valence-electron chi connectivity index (χ1n) is 9.78. The number of allylic oxidation sites excluding steroid dienone is 1. The Morgan fingerprint density at radius 2 is 1.54 bits per heavy atom. The van der Waals surface area contributed by atoms with E-state index in [9.17, 15) is 0 Å². The topological polar surface area (TPSA) is 24.3 Å². The van der Waals surface area contributed by atoms with Gasteiger partial charge in [0, 0.05) is 53.7 Å². The molecule has 3 aromatic rings. The number of hydrogen-bond donors (Lipinski definition) is 0. The second-order valence-electron chi connectivity index (χ2n) is 7.48. The maximum Gasteiger partial charge on any atom is 0.0815 e. The molecule has 0 atom stereocenters. The highest BCUT2D eigenvalue weighted by atomic mass is 35.5. The van der Waals surface area contributed by atoms with Gasteiger partial charge in [-0.15, -0.1) is 0 Å². The molecule has 0 spiro atoms. The molecule has 0 radical (unpaired) electrons. The molecule has 2 aliphatic rings. The Balaban J connectivity index is 1.34. The Bertz CT molecular complexity index is 1040. The summed E-state index contributed by atoms with van der Waals surface area (Å²) in [5, 5.41) is 5.37. The van der Waals surface area contributed by atoms with Gasteiger partial charge in [0.05, 0.1) is 17.9 Å². The zero-order chi connectivity index (χ0) is 19.1. The molecule has 0 aliphatic carbocycles. The zero-order valence-corrected chi connectivity index (χ0v) is 16.7. The van der Waals surface area contributed by atoms with Gasteiger partial charge in [-0.05, 0) is 31.2 Å². The van der Waals surface area contributed by atoms with Crippen molar-refractivity contribution in [2.24, 2.45) is 0 Å². The van der Waals surface area contributed by atoms with E-state index in [4.69, 9.17) is 11.6 Å². The van der Waals surface area contributed by atoms with Crippen molar-refractivity contribution in [3.05, 3.63) is 76.7 Å². The van der Waals surface area contributed by atoms with E-state index in [0.717, 1.165) is 49.0 Å². The summed E-state index contributed by atoms with van der Waals surface area (Å²) in [5.74, 6) is 0. The van der Waals surface area contributed by atoms with E-state index in [1.54, 1.807) is 0 Å². The van der Waals surface area contributed by atoms with E-state index in [-0.39, 0.29) is 0 Å². The average molecular weight is 391 g/mol. The first kappa shape index (κ1) is 17.4. The minimum atomic E-state index is 0.800. The largest absolute Gasteiger partial charge is 0.370 e. The van der Waals surface area contributed by atoms with Crippen LogP contribution in [0.25, 0.3) is 17.2 Å². The summed E-state index contributed by atoms with van der Waals surface area (Å²) in [7, 11) is 0. The van der Waals surface area contributed by atoms with Crippen LogP contribution in [0.15, 0.2) is 60.3 Å². The Hall–Kier alpha value is -2.72. The Morgan fingerprint density at radius 1 is 0.857 bits per heavy atom. The molecule has 0 N–H and O–H groups in total. The molecule has 1 saturated heterocycles. The summed E-state index contributed by atoms with van der Waals surface area (Å²) in [6.07, 6.45) is 2.29. The van der Waals surface area contributed by atoms with Crippen LogP contribution in [0.4, 0.5) is 5.69 Å². The molecule has 5 heteroatoms. The van der Waals surface area contributed by atoms with Crippen molar-refractivity contribution in [2.75, 3.05) is 31.1 Å². The molecule has 0 bridgehead atoms. The maximum absolute atomic E-state index is 6.48. The van der Waals surface area contributed by atoms with Crippen LogP contribution >= 0.6 is 11.6 Å². The average Bonchev–Trinajstić information content (AvgIpc) is 3.26. The van der Waals surface area contributed by atoms with Gasteiger partial charge in [0.15, 0.2) is 0 Å². The molecule has 142 valence electrons. The van der Waals surface area contributed by atoms with E-state index < -0.39 is 0 Å². The Morgan fingerprint density at radius 3 is 2.29 bits per heavy atom. The van der Waals surface area contributed by atoms with Crippen molar-refractivity contribution in [1.82, 2.24) is 14.7 Å². The number of rotatable bonds is 3. The fourth-order valence-electron chi connectivity index (χ4n) is 4.26. The first-order valence-corrected chi connectivity index (χ1v) is 10.2. The van der Waals surface area contributed by atoms with Gasteiger partial charge in [0.25, 0.3) is 0 Å². The second-order valence-corrected chi connectivity index (χ2v) is 7.88. The third-order valence-corrected chi connectivity index (χ3v) is 5.98. The highest BCUT2D eigenvalue weighted by Gasteiger charge is 2.24. The lowest BCUT2D eigenvalue weighted by molar-refractivity contribution is 0.309. The first-order chi connectivity index (χ1) is 13.7. The molecule has 4 nitrogen and oxygen atoms in total. The van der Waals surface area contributed by atoms with Crippen molar-refractivity contribution in [3.8, 4) is 11.1 Å². The molecule has 0 amide bonds. The second kappa shape index (κ2) is 7.02. The SMILES string of the molecule is Cc1cc2n(n1)CC(N1CCN(c3ccccc3-c3ccccc3Cl)CC1)=C2. The molecule has 1 aromatic heterocycles. The number of aryl methyl sites for hydroxylation is 1. The number of anilines is 1. The van der Waals surface area contributed by atoms with Crippen LogP contribution in [0.2, 0.25) is 5.02 Å². The van der Waals surface area contributed by atoms with Crippen LogP contribution in [0.1, 0.15) is 11.4 Å². The normalized spacial score (nSPS) is 16.3. The quantitative estimate of drug-likeness (QED) is 0.648. The monoisotopic (exact) mass is 390 g/mol. The molecular formula is C23H23ClN4. The molecule has 0 unspecified atom stereocenters. The van der Waals surface area contributed by atoms with Gasteiger partial charge in [-0.1, -0.05) is 48.0 Å². The van der Waals surface area contributed by atoms with E-state index in [0.29, 0.717) is 0 Å². The number of nitrogens with zero attached hydrogens (tertiary/aromatic N) is 4. The van der Waals surface area contributed by atoms with Gasteiger partial charge in [-0.3, -0.25) is 4.68 Å². The number of halogens is 1. The van der Waals surface area contributed by atoms with Gasteiger partial charge in [-0.25, -0.2) is 0 Å². The van der Waals surface area contributed by atoms with Crippen LogP contribution < -0.4 is 4.90 Å². The number of para-hydroxylation sites is 1. The minimum Gasteiger partial charge on any atom is -0.370 e. The molecule has 1 fully saturated rings. The molecule has 0 saturated carbocycles. The molecule has 2 aromatic carbocycles. The number of piperazine rings is 1. The fraction of sp³-hybridized carbons (Fsp3) is 0.261. The number of hydrogen-bond acceptors (Lipinski definition) is 3. The number of aromatic nitrogens is 2. The van der Waals surface area contributed by atoms with E-state index >= 15 is 0 Å². The Kier molecular flexibility index (Phi) is 4.36. The van der Waals surface area contributed by atoms with E-state index in [2.05, 4.69) is 62.1 Å². The lowest BCUT2D eigenvalue weighted by Gasteiger charge is -2.38. The highest BCUT2D eigenvalue weighted by molar-refractivity contribution is 6.33. The lowest BCUT2D eigenvalue weighted by atomic mass is 10.0. The molecule has 28 heavy (non-hydrogen) atoms. The van der Waals surface area contributed by atoms with Crippen LogP contribution in [-0.4, -0.2) is 40.9 Å². The van der Waals surface area contributed by atoms with Crippen molar-refractivity contribution in [3.63, 3.8) is 0 Å². The number of fused-ring (bicyclic) bond motifs is 1. The van der Waals surface area contributed by atoms with E-state index in [1.165, 1.54) is 22.6 Å². The smallest absolute Gasteiger partial charge is 0.0815 e. The third kappa shape index (κ3) is 3.08. The predicted octanol–water partition coefficient (Wildman–Crippen LogP) is 4.69. The summed E-state index contributed by atoms with van der Waals surface area (Å²) < 4.78 is 2.10. The summed E-state index contributed by atoms with van der Waals surface area (Å²) in [6.45, 7) is 6.98. The van der Waals surface area contributed by atoms with Crippen molar-refractivity contribution >= 4 is 23.4 Å². The highest BCUT2D eigenvalue weighted by Crippen LogP contribution is 2.36. The van der Waals surface area contributed by atoms with Gasteiger partial charge < -0.3 is 9.80 Å². The van der Waals surface area contributed by atoms with Gasteiger partial charge >= 0.3 is 0 Å². The van der Waals surface area contributed by atoms with Crippen molar-refractivity contribution < 1.29 is 0 Å². The summed E-state index contributed by atoms with van der Waals surface area (Å²) in [4.78, 5) is 4.98. The molecule has 5 rings (SSSR count). The summed E-state index contributed by atoms with van der Waals surface area (Å²) in [5.41, 5.74) is 7.25. The zero-order valence-electron chi connectivity index (χ0n) is 16.0. The minimum absolute atomic E-state index is 0.800. The van der Waals surface area contributed by atoms with Crippen molar-refractivity contribution in [1.29, 1.82) is 0 Å². The van der Waals surface area contributed by atoms with Crippen molar-refractivity contribution in [2.45, 2.75) is 13.5 Å². The van der Waals surface area contributed by atoms with Gasteiger partial charge in [0.1, 0.15) is 0 Å². The fourth-order valence-corrected chi connectivity index (χ4v) is 4.50. The third-order valence-electron chi connectivity index (χ3n) is 5.65. The standard InChI is InChI=1S/C23H23ClN4/c1-17-14-18-15-19(16-28(18)25-17)26-10-12-27(13-11-26)23-9-5-3-7-21(23)20-6-2-4-8-22(20)24/h2-9,14-15H,10-13,16H2,1H3. The van der Waals surface area contributed by atoms with Crippen LogP contribution in [-0.2, 0) is 6.54 Å². The Labute approximate surface area is 170 Å². The van der Waals surface area contributed by atoms with Gasteiger partial charge in [-0.2, -0.15) is 5.10 Å². The summed E-state index contributed by atoms with van der Waals surface area (Å²) in [6, 6.07) is 18.8. The predicted molar refractivity (Wildman–Crippen MR) is 116 cm³/mol. The van der Waals surface area contributed by atoms with Crippen LogP contribution in [0.3, 0.4) is 0 Å². The number of benzene rings is 2. The summed E-state index contributed by atoms with van der Waals surface area (Å²) >= 11 is 6.48. The molecular weight excluding hydrogens is 368 g/mol. The molecule has 2 aliphatic heterocycles. The maximum atomic E-state index is 6.48. The van der Waals surface area contributed by atoms with Crippen LogP contribution in [0.5, 0.6) is 0 Å². The van der Waals surface area contributed by atoms with Crippen LogP contribution in [0, 0.1) is 6.92 Å².